The van der Waals surface area contributed by atoms with Crippen molar-refractivity contribution in [3.8, 4) is 0 Å². The minimum Gasteiger partial charge on any atom is -0.493 e. The summed E-state index contributed by atoms with van der Waals surface area (Å²) in [5.74, 6) is 0.0671. The van der Waals surface area contributed by atoms with Gasteiger partial charge < -0.3 is 5.11 Å². The van der Waals surface area contributed by atoms with E-state index in [2.05, 4.69) is 11.4 Å². The third kappa shape index (κ3) is 0.692. The summed E-state index contributed by atoms with van der Waals surface area (Å²) in [4.78, 5) is 3.81. The van der Waals surface area contributed by atoms with Gasteiger partial charge in [0.1, 0.15) is 0 Å². The van der Waals surface area contributed by atoms with E-state index >= 15 is 0 Å². The molecule has 2 aliphatic rings. The van der Waals surface area contributed by atoms with Gasteiger partial charge in [0.2, 0.25) is 5.88 Å². The van der Waals surface area contributed by atoms with E-state index in [-0.39, 0.29) is 5.88 Å². The predicted molar refractivity (Wildman–Crippen MR) is 38.6 cm³/mol. The normalized spacial score (nSPS) is 21.4. The summed E-state index contributed by atoms with van der Waals surface area (Å²) in [6.45, 7) is 0. The van der Waals surface area contributed by atoms with Gasteiger partial charge in [-0.05, 0) is 0 Å². The molecule has 2 rings (SSSR count). The van der Waals surface area contributed by atoms with E-state index in [4.69, 9.17) is 5.11 Å². The third-order valence-electron chi connectivity index (χ3n) is 1.38. The first kappa shape index (κ1) is 5.47. The van der Waals surface area contributed by atoms with Crippen LogP contribution < -0.4 is 0 Å². The molecule has 0 atom stereocenters. The number of aliphatic hydroxyl groups excluding tert-OH is 1. The lowest BCUT2D eigenvalue weighted by Gasteiger charge is -1.99. The van der Waals surface area contributed by atoms with Crippen LogP contribution in [0.1, 0.15) is 0 Å². The van der Waals surface area contributed by atoms with Crippen molar-refractivity contribution in [1.82, 2.24) is 0 Å². The Kier molecular flexibility index (Phi) is 1.01. The molecule has 0 aromatic heterocycles. The van der Waals surface area contributed by atoms with Gasteiger partial charge in [0, 0.05) is 11.6 Å². The Morgan fingerprint density at radius 3 is 3.20 bits per heavy atom. The molecule has 1 aliphatic carbocycles. The standard InChI is InChI=1S/C8H5NO/c10-8-5-6-3-1-2-4-7(6)9-8/h1-3,5,10H. The second-order valence-corrected chi connectivity index (χ2v) is 2.09. The summed E-state index contributed by atoms with van der Waals surface area (Å²) >= 11 is 0. The zero-order valence-corrected chi connectivity index (χ0v) is 5.20. The molecular formula is C8H5NO. The molecule has 0 fully saturated rings. The van der Waals surface area contributed by atoms with Crippen LogP contribution in [0, 0.1) is 6.42 Å². The molecule has 10 heavy (non-hydrogen) atoms. The summed E-state index contributed by atoms with van der Waals surface area (Å²) in [5.41, 5.74) is 1.65. The van der Waals surface area contributed by atoms with Gasteiger partial charge in [-0.1, -0.05) is 18.2 Å². The molecule has 2 nitrogen and oxygen atoms in total. The second kappa shape index (κ2) is 1.84. The van der Waals surface area contributed by atoms with Crippen LogP contribution in [0.2, 0.25) is 0 Å². The van der Waals surface area contributed by atoms with Crippen molar-refractivity contribution >= 4 is 5.71 Å². The highest BCUT2D eigenvalue weighted by atomic mass is 16.3. The van der Waals surface area contributed by atoms with Crippen molar-refractivity contribution in [3.05, 3.63) is 42.2 Å². The Morgan fingerprint density at radius 2 is 2.40 bits per heavy atom. The maximum absolute atomic E-state index is 8.93. The Bertz CT molecular complexity index is 282. The summed E-state index contributed by atoms with van der Waals surface area (Å²) in [6.07, 6.45) is 10.0. The van der Waals surface area contributed by atoms with Crippen LogP contribution in [-0.4, -0.2) is 10.8 Å². The number of nitrogens with zero attached hydrogens (tertiary/aromatic N) is 1. The molecule has 0 amide bonds. The molecule has 2 heteroatoms. The van der Waals surface area contributed by atoms with Crippen molar-refractivity contribution < 1.29 is 5.11 Å². The number of allylic oxidation sites excluding steroid dienone is 5. The molecule has 0 bridgehead atoms. The van der Waals surface area contributed by atoms with Crippen LogP contribution in [0.25, 0.3) is 0 Å². The van der Waals surface area contributed by atoms with Crippen LogP contribution in [0.15, 0.2) is 40.8 Å². The van der Waals surface area contributed by atoms with Gasteiger partial charge in [-0.3, -0.25) is 0 Å². The highest BCUT2D eigenvalue weighted by Crippen LogP contribution is 2.18. The summed E-state index contributed by atoms with van der Waals surface area (Å²) in [5, 5.41) is 8.93. The fraction of sp³-hybridized carbons (Fsp3) is 0. The van der Waals surface area contributed by atoms with Gasteiger partial charge in [-0.15, -0.1) is 0 Å². The molecule has 0 saturated carbocycles. The zero-order chi connectivity index (χ0) is 6.97. The van der Waals surface area contributed by atoms with Crippen molar-refractivity contribution in [2.45, 2.75) is 0 Å². The topological polar surface area (TPSA) is 32.6 Å². The molecule has 0 aromatic carbocycles. The van der Waals surface area contributed by atoms with Crippen molar-refractivity contribution in [2.24, 2.45) is 4.99 Å². The Morgan fingerprint density at radius 1 is 1.50 bits per heavy atom. The molecule has 0 spiro atoms. The number of aliphatic hydroxyl groups is 1. The van der Waals surface area contributed by atoms with Gasteiger partial charge in [0.05, 0.1) is 12.1 Å². The first-order valence-electron chi connectivity index (χ1n) is 2.99. The average molecular weight is 131 g/mol. The monoisotopic (exact) mass is 131 g/mol. The van der Waals surface area contributed by atoms with Crippen molar-refractivity contribution in [2.75, 3.05) is 0 Å². The lowest BCUT2D eigenvalue weighted by molar-refractivity contribution is 0.409. The van der Waals surface area contributed by atoms with E-state index in [1.54, 1.807) is 12.2 Å². The lowest BCUT2D eigenvalue weighted by Crippen LogP contribution is -1.98. The summed E-state index contributed by atoms with van der Waals surface area (Å²) in [6, 6.07) is 0. The van der Waals surface area contributed by atoms with Crippen LogP contribution in [0.3, 0.4) is 0 Å². The number of rotatable bonds is 0. The number of hydrogen-bond acceptors (Lipinski definition) is 2. The Balaban J connectivity index is 2.45. The molecule has 0 unspecified atom stereocenters. The second-order valence-electron chi connectivity index (χ2n) is 2.09. The number of hydrogen-bond donors (Lipinski definition) is 1. The molecule has 1 N–H and O–H groups in total. The molecule has 2 radical (unpaired) electrons. The molecular weight excluding hydrogens is 126 g/mol. The minimum atomic E-state index is 0.0671. The highest BCUT2D eigenvalue weighted by molar-refractivity contribution is 6.12. The van der Waals surface area contributed by atoms with E-state index in [0.29, 0.717) is 0 Å². The number of fused-ring (bicyclic) bond motifs is 1. The zero-order valence-electron chi connectivity index (χ0n) is 5.20. The van der Waals surface area contributed by atoms with Crippen LogP contribution in [0.4, 0.5) is 0 Å². The van der Waals surface area contributed by atoms with E-state index < -0.39 is 0 Å². The Hall–Kier alpha value is -1.31. The van der Waals surface area contributed by atoms with Crippen LogP contribution in [0.5, 0.6) is 0 Å². The minimum absolute atomic E-state index is 0.0671. The largest absolute Gasteiger partial charge is 0.493 e. The fourth-order valence-corrected chi connectivity index (χ4v) is 0.940. The van der Waals surface area contributed by atoms with E-state index in [1.165, 1.54) is 0 Å². The third-order valence-corrected chi connectivity index (χ3v) is 1.38. The molecule has 1 heterocycles. The fourth-order valence-electron chi connectivity index (χ4n) is 0.940. The quantitative estimate of drug-likeness (QED) is 0.529. The van der Waals surface area contributed by atoms with Crippen molar-refractivity contribution in [1.29, 1.82) is 0 Å². The van der Waals surface area contributed by atoms with E-state index in [9.17, 15) is 0 Å². The maximum atomic E-state index is 8.93. The van der Waals surface area contributed by atoms with E-state index in [0.717, 1.165) is 11.3 Å². The first-order valence-corrected chi connectivity index (χ1v) is 2.99. The maximum Gasteiger partial charge on any atom is 0.211 e. The van der Waals surface area contributed by atoms with Crippen molar-refractivity contribution in [3.63, 3.8) is 0 Å². The summed E-state index contributed by atoms with van der Waals surface area (Å²) < 4.78 is 0. The summed E-state index contributed by atoms with van der Waals surface area (Å²) in [7, 11) is 0. The first-order chi connectivity index (χ1) is 4.86. The predicted octanol–water partition coefficient (Wildman–Crippen LogP) is 1.42. The highest BCUT2D eigenvalue weighted by Gasteiger charge is 2.13. The van der Waals surface area contributed by atoms with E-state index in [1.807, 2.05) is 12.2 Å². The molecule has 1 aliphatic heterocycles. The van der Waals surface area contributed by atoms with Gasteiger partial charge in [-0.25, -0.2) is 4.99 Å². The van der Waals surface area contributed by atoms with Gasteiger partial charge >= 0.3 is 0 Å². The lowest BCUT2D eigenvalue weighted by atomic mass is 10.0. The SMILES string of the molecule is OC1=CC2=CC=C[C]C2=N1. The van der Waals surface area contributed by atoms with Gasteiger partial charge in [0.15, 0.2) is 0 Å². The molecule has 48 valence electrons. The van der Waals surface area contributed by atoms with Crippen LogP contribution in [-0.2, 0) is 0 Å². The number of aliphatic imine (C=N–C) groups is 1. The average Bonchev–Trinajstić information content (AvgIpc) is 2.27. The Labute approximate surface area is 58.9 Å². The molecule has 0 saturated heterocycles. The molecule has 0 aromatic rings. The van der Waals surface area contributed by atoms with Crippen LogP contribution >= 0.6 is 0 Å². The van der Waals surface area contributed by atoms with Gasteiger partial charge in [0.25, 0.3) is 0 Å². The van der Waals surface area contributed by atoms with Gasteiger partial charge in [-0.2, -0.15) is 0 Å². The smallest absolute Gasteiger partial charge is 0.211 e.